The number of ether oxygens (including phenoxy) is 1. The highest BCUT2D eigenvalue weighted by Crippen LogP contribution is 2.34. The summed E-state index contributed by atoms with van der Waals surface area (Å²) in [5.41, 5.74) is 1.29. The van der Waals surface area contributed by atoms with Crippen LogP contribution in [0.4, 0.5) is 0 Å². The number of nitrogens with one attached hydrogen (secondary N) is 5. The Kier molecular flexibility index (Phi) is 17.9. The zero-order chi connectivity index (χ0) is 44.6. The van der Waals surface area contributed by atoms with E-state index >= 15 is 0 Å². The Hall–Kier alpha value is -5.34. The zero-order valence-corrected chi connectivity index (χ0v) is 36.8. The normalized spacial score (nSPS) is 18.2. The van der Waals surface area contributed by atoms with E-state index in [2.05, 4.69) is 36.2 Å². The minimum Gasteiger partial charge on any atom is -0.483 e. The number of H-pyrrole nitrogens is 1. The van der Waals surface area contributed by atoms with E-state index in [4.69, 9.17) is 4.74 Å². The molecule has 0 bridgehead atoms. The van der Waals surface area contributed by atoms with E-state index in [1.165, 1.54) is 6.33 Å². The Morgan fingerprint density at radius 2 is 1.49 bits per heavy atom. The highest BCUT2D eigenvalue weighted by Gasteiger charge is 2.41. The van der Waals surface area contributed by atoms with Crippen molar-refractivity contribution in [2.75, 3.05) is 6.61 Å². The van der Waals surface area contributed by atoms with Crippen LogP contribution >= 0.6 is 0 Å². The van der Waals surface area contributed by atoms with Crippen LogP contribution in [0.1, 0.15) is 109 Å². The van der Waals surface area contributed by atoms with Gasteiger partial charge in [-0.3, -0.25) is 24.2 Å². The summed E-state index contributed by atoms with van der Waals surface area (Å²) in [7, 11) is 0. The summed E-state index contributed by atoms with van der Waals surface area (Å²) in [4.78, 5) is 67.5. The van der Waals surface area contributed by atoms with Crippen LogP contribution in [0.5, 0.6) is 5.75 Å². The first-order valence-corrected chi connectivity index (χ1v) is 23.1. The van der Waals surface area contributed by atoms with Gasteiger partial charge in [0.25, 0.3) is 5.91 Å². The van der Waals surface area contributed by atoms with E-state index in [1.807, 2.05) is 62.4 Å². The molecule has 0 aliphatic heterocycles. The molecule has 7 N–H and O–H groups in total. The molecule has 2 saturated carbocycles. The summed E-state index contributed by atoms with van der Waals surface area (Å²) in [5.74, 6) is -2.37. The van der Waals surface area contributed by atoms with E-state index in [9.17, 15) is 29.4 Å². The summed E-state index contributed by atoms with van der Waals surface area (Å²) < 4.78 is 5.95. The van der Waals surface area contributed by atoms with Gasteiger partial charge in [-0.1, -0.05) is 127 Å². The Morgan fingerprint density at radius 3 is 2.17 bits per heavy atom. The number of fused-ring (bicyclic) bond motifs is 1. The molecule has 0 unspecified atom stereocenters. The third-order valence-electron chi connectivity index (χ3n) is 13.2. The van der Waals surface area contributed by atoms with Crippen LogP contribution in [0.25, 0.3) is 10.8 Å². The van der Waals surface area contributed by atoms with Gasteiger partial charge in [0.05, 0.1) is 36.6 Å². The largest absolute Gasteiger partial charge is 0.483 e. The number of imidazole rings is 1. The molecule has 6 rings (SSSR count). The van der Waals surface area contributed by atoms with Gasteiger partial charge in [0.1, 0.15) is 23.9 Å². The number of aliphatic hydroxyl groups excluding tert-OH is 2. The molecule has 7 atom stereocenters. The Labute approximate surface area is 371 Å². The first kappa shape index (κ1) is 47.1. The molecule has 0 spiro atoms. The van der Waals surface area contributed by atoms with Crippen molar-refractivity contribution >= 4 is 34.4 Å². The number of pyridine rings is 1. The average Bonchev–Trinajstić information content (AvgIpc) is 3.84. The van der Waals surface area contributed by atoms with Gasteiger partial charge in [-0.2, -0.15) is 0 Å². The fourth-order valence-corrected chi connectivity index (χ4v) is 9.29. The number of carbonyl (C=O) groups is 4. The second kappa shape index (κ2) is 23.9. The standard InChI is InChI=1S/C49H67N7O7/c1-3-32(2)44(49(62)52-29-36-21-12-13-24-51-36)56-47(60)39(25-33-15-6-4-7-16-33)45(58)46(59)40(26-34-17-8-5-9-18-34)55-48(61)41(27-37-28-50-31-53-37)54-43(57)30-63-42-23-14-20-35-19-10-11-22-38(35)42/h10-14,19-24,28,31-34,39-41,44-46,58-59H,3-9,15-18,25-27,29-30H2,1-2H3,(H,50,53)(H,52,62)(H,54,57)(H,55,61)(H,56,60)/t32-,39+,40-,41-,44-,45+,46+/m0/s1. The number of amides is 4. The first-order chi connectivity index (χ1) is 30.6. The van der Waals surface area contributed by atoms with Crippen molar-refractivity contribution in [1.82, 2.24) is 36.2 Å². The summed E-state index contributed by atoms with van der Waals surface area (Å²) >= 11 is 0. The summed E-state index contributed by atoms with van der Waals surface area (Å²) in [6.07, 6.45) is 12.9. The summed E-state index contributed by atoms with van der Waals surface area (Å²) in [6.45, 7) is 3.70. The Morgan fingerprint density at radius 1 is 0.794 bits per heavy atom. The number of hydrogen-bond acceptors (Lipinski definition) is 9. The van der Waals surface area contributed by atoms with E-state index < -0.39 is 54.0 Å². The molecule has 2 aromatic heterocycles. The first-order valence-electron chi connectivity index (χ1n) is 23.1. The van der Waals surface area contributed by atoms with E-state index in [0.717, 1.165) is 75.0 Å². The highest BCUT2D eigenvalue weighted by molar-refractivity contribution is 5.91. The Bertz CT molecular complexity index is 2030. The number of rotatable bonds is 22. The molecule has 2 fully saturated rings. The maximum atomic E-state index is 14.5. The molecule has 2 aliphatic rings. The van der Waals surface area contributed by atoms with Crippen LogP contribution in [0.3, 0.4) is 0 Å². The highest BCUT2D eigenvalue weighted by atomic mass is 16.5. The molecule has 4 amide bonds. The molecule has 14 nitrogen and oxygen atoms in total. The van der Waals surface area contributed by atoms with Crippen LogP contribution in [0.2, 0.25) is 0 Å². The SMILES string of the molecule is CC[C@H](C)[C@H](NC(=O)[C@H](CC1CCCCC1)[C@@H](O)[C@H](O)[C@H](CC1CCCCC1)NC(=O)[C@H](Cc1cnc[nH]1)NC(=O)COc1cccc2ccccc12)C(=O)NCc1ccccn1. The molecular formula is C49H67N7O7. The van der Waals surface area contributed by atoms with Gasteiger partial charge < -0.3 is 41.2 Å². The van der Waals surface area contributed by atoms with Crippen LogP contribution in [0, 0.1) is 23.7 Å². The molecule has 2 heterocycles. The van der Waals surface area contributed by atoms with E-state index in [1.54, 1.807) is 24.5 Å². The smallest absolute Gasteiger partial charge is 0.258 e. The zero-order valence-electron chi connectivity index (χ0n) is 36.8. The number of aromatic amines is 1. The quantitative estimate of drug-likeness (QED) is 0.0519. The van der Waals surface area contributed by atoms with Gasteiger partial charge in [0.2, 0.25) is 17.7 Å². The maximum absolute atomic E-state index is 14.5. The average molecular weight is 866 g/mol. The summed E-state index contributed by atoms with van der Waals surface area (Å²) in [5, 5.41) is 38.1. The van der Waals surface area contributed by atoms with Gasteiger partial charge >= 0.3 is 0 Å². The topological polar surface area (TPSA) is 208 Å². The maximum Gasteiger partial charge on any atom is 0.258 e. The Balaban J connectivity index is 1.21. The molecule has 340 valence electrons. The summed E-state index contributed by atoms with van der Waals surface area (Å²) in [6, 6.07) is 15.8. The number of aliphatic hydroxyl groups is 2. The predicted molar refractivity (Wildman–Crippen MR) is 241 cm³/mol. The molecule has 0 radical (unpaired) electrons. The third kappa shape index (κ3) is 13.8. The minimum absolute atomic E-state index is 0.0761. The fourth-order valence-electron chi connectivity index (χ4n) is 9.29. The van der Waals surface area contributed by atoms with E-state index in [0.29, 0.717) is 36.4 Å². The van der Waals surface area contributed by atoms with Crippen LogP contribution in [-0.4, -0.2) is 85.7 Å². The minimum atomic E-state index is -1.57. The van der Waals surface area contributed by atoms with Gasteiger partial charge in [0.15, 0.2) is 6.61 Å². The van der Waals surface area contributed by atoms with Gasteiger partial charge in [0, 0.05) is 29.9 Å². The predicted octanol–water partition coefficient (Wildman–Crippen LogP) is 5.68. The van der Waals surface area contributed by atoms with Gasteiger partial charge in [-0.25, -0.2) is 4.98 Å². The molecule has 63 heavy (non-hydrogen) atoms. The lowest BCUT2D eigenvalue weighted by Crippen LogP contribution is -2.59. The van der Waals surface area contributed by atoms with Crippen molar-refractivity contribution in [2.24, 2.45) is 23.7 Å². The molecule has 4 aromatic rings. The number of hydrogen-bond donors (Lipinski definition) is 7. The lowest BCUT2D eigenvalue weighted by molar-refractivity contribution is -0.140. The molecule has 2 aliphatic carbocycles. The van der Waals surface area contributed by atoms with Crippen LogP contribution < -0.4 is 26.0 Å². The van der Waals surface area contributed by atoms with Crippen molar-refractivity contribution in [1.29, 1.82) is 0 Å². The number of benzene rings is 2. The second-order valence-electron chi connectivity index (χ2n) is 17.8. The third-order valence-corrected chi connectivity index (χ3v) is 13.2. The molecular weight excluding hydrogens is 799 g/mol. The van der Waals surface area contributed by atoms with Crippen LogP contribution in [-0.2, 0) is 32.1 Å². The lowest BCUT2D eigenvalue weighted by Gasteiger charge is -2.37. The number of nitrogens with zero attached hydrogens (tertiary/aromatic N) is 2. The van der Waals surface area contributed by atoms with Crippen molar-refractivity contribution in [2.45, 2.75) is 141 Å². The number of aromatic nitrogens is 3. The molecule has 0 saturated heterocycles. The van der Waals surface area contributed by atoms with E-state index in [-0.39, 0.29) is 43.2 Å². The van der Waals surface area contributed by atoms with Crippen LogP contribution in [0.15, 0.2) is 79.4 Å². The number of carbonyl (C=O) groups excluding carboxylic acids is 4. The lowest BCUT2D eigenvalue weighted by atomic mass is 9.77. The van der Waals surface area contributed by atoms with Crippen molar-refractivity contribution in [3.05, 3.63) is 90.8 Å². The van der Waals surface area contributed by atoms with Crippen molar-refractivity contribution in [3.8, 4) is 5.75 Å². The fraction of sp³-hybridized carbons (Fsp3) is 0.551. The molecule has 14 heteroatoms. The second-order valence-corrected chi connectivity index (χ2v) is 17.8. The van der Waals surface area contributed by atoms with Crippen molar-refractivity contribution in [3.63, 3.8) is 0 Å². The van der Waals surface area contributed by atoms with Crippen molar-refractivity contribution < 1.29 is 34.1 Å². The van der Waals surface area contributed by atoms with Gasteiger partial charge in [-0.05, 0) is 54.2 Å². The molecule has 2 aromatic carbocycles. The van der Waals surface area contributed by atoms with Gasteiger partial charge in [-0.15, -0.1) is 0 Å². The monoisotopic (exact) mass is 866 g/mol.